The molecular weight excluding hydrogens is 249 g/mol. The van der Waals surface area contributed by atoms with E-state index in [9.17, 15) is 9.18 Å². The molecule has 1 N–H and O–H groups in total. The number of nitrogens with zero attached hydrogens (tertiary/aromatic N) is 1. The molecule has 5 heteroatoms. The van der Waals surface area contributed by atoms with E-state index < -0.39 is 5.97 Å². The summed E-state index contributed by atoms with van der Waals surface area (Å²) >= 11 is 0. The number of pyridine rings is 1. The van der Waals surface area contributed by atoms with Crippen molar-refractivity contribution in [3.63, 3.8) is 0 Å². The Morgan fingerprint density at radius 1 is 1.26 bits per heavy atom. The Bertz CT molecular complexity index is 596. The molecule has 1 aromatic heterocycles. The van der Waals surface area contributed by atoms with Crippen LogP contribution in [0.2, 0.25) is 0 Å². The van der Waals surface area contributed by atoms with Gasteiger partial charge in [0, 0.05) is 11.6 Å². The number of aromatic nitrogens is 1. The number of ether oxygens (including phenoxy) is 1. The summed E-state index contributed by atoms with van der Waals surface area (Å²) in [5, 5.41) is 8.91. The van der Waals surface area contributed by atoms with Crippen molar-refractivity contribution in [2.75, 3.05) is 7.11 Å². The summed E-state index contributed by atoms with van der Waals surface area (Å²) in [6.45, 7) is 0. The molecule has 0 saturated carbocycles. The van der Waals surface area contributed by atoms with Gasteiger partial charge >= 0.3 is 5.97 Å². The number of benzene rings is 1. The van der Waals surface area contributed by atoms with Crippen LogP contribution in [0.1, 0.15) is 5.69 Å². The molecule has 0 unspecified atom stereocenters. The Morgan fingerprint density at radius 2 is 1.95 bits per heavy atom. The second kappa shape index (κ2) is 5.48. The zero-order valence-electron chi connectivity index (χ0n) is 10.3. The summed E-state index contributed by atoms with van der Waals surface area (Å²) in [5.41, 5.74) is 1.76. The van der Waals surface area contributed by atoms with Gasteiger partial charge in [0.05, 0.1) is 19.2 Å². The van der Waals surface area contributed by atoms with Crippen molar-refractivity contribution in [2.24, 2.45) is 0 Å². The molecule has 2 rings (SSSR count). The third-order valence-electron chi connectivity index (χ3n) is 2.63. The van der Waals surface area contributed by atoms with Crippen LogP contribution < -0.4 is 4.74 Å². The third kappa shape index (κ3) is 3.07. The number of hydrogen-bond acceptors (Lipinski definition) is 3. The normalized spacial score (nSPS) is 10.2. The number of carboxylic acids is 1. The van der Waals surface area contributed by atoms with Crippen molar-refractivity contribution in [2.45, 2.75) is 6.42 Å². The monoisotopic (exact) mass is 261 g/mol. The Hall–Kier alpha value is -2.43. The second-order valence-electron chi connectivity index (χ2n) is 3.93. The Balaban J connectivity index is 2.48. The van der Waals surface area contributed by atoms with Crippen LogP contribution in [0.5, 0.6) is 5.88 Å². The van der Waals surface area contributed by atoms with Crippen molar-refractivity contribution in [3.05, 3.63) is 47.9 Å². The number of carboxylic acid groups (broad SMARTS) is 1. The van der Waals surface area contributed by atoms with Gasteiger partial charge in [-0.05, 0) is 23.8 Å². The first-order valence-electron chi connectivity index (χ1n) is 5.62. The highest BCUT2D eigenvalue weighted by atomic mass is 19.1. The standard InChI is InChI=1S/C14H12FNO3/c1-19-13-7-6-11(12(16-13)8-14(17)18)9-2-4-10(15)5-3-9/h2-7H,8H2,1H3,(H,17,18). The zero-order chi connectivity index (χ0) is 13.8. The number of halogens is 1. The number of aliphatic carboxylic acids is 1. The Morgan fingerprint density at radius 3 is 2.53 bits per heavy atom. The van der Waals surface area contributed by atoms with Gasteiger partial charge in [0.2, 0.25) is 5.88 Å². The number of carbonyl (C=O) groups is 1. The smallest absolute Gasteiger partial charge is 0.309 e. The molecule has 0 spiro atoms. The Kier molecular flexibility index (Phi) is 3.75. The molecule has 0 fully saturated rings. The molecule has 1 aromatic carbocycles. The van der Waals surface area contributed by atoms with E-state index >= 15 is 0 Å². The van der Waals surface area contributed by atoms with Crippen LogP contribution in [0.25, 0.3) is 11.1 Å². The van der Waals surface area contributed by atoms with Crippen LogP contribution in [0.4, 0.5) is 4.39 Å². The van der Waals surface area contributed by atoms with Gasteiger partial charge in [-0.25, -0.2) is 9.37 Å². The van der Waals surface area contributed by atoms with Crippen LogP contribution >= 0.6 is 0 Å². The van der Waals surface area contributed by atoms with Crippen molar-refractivity contribution < 1.29 is 19.0 Å². The highest BCUT2D eigenvalue weighted by Gasteiger charge is 2.12. The minimum absolute atomic E-state index is 0.218. The number of hydrogen-bond donors (Lipinski definition) is 1. The van der Waals surface area contributed by atoms with E-state index in [0.717, 1.165) is 0 Å². The summed E-state index contributed by atoms with van der Waals surface area (Å²) in [6, 6.07) is 9.18. The van der Waals surface area contributed by atoms with Crippen molar-refractivity contribution in [3.8, 4) is 17.0 Å². The fourth-order valence-corrected chi connectivity index (χ4v) is 1.77. The Labute approximate surface area is 109 Å². The van der Waals surface area contributed by atoms with E-state index in [1.165, 1.54) is 19.2 Å². The lowest BCUT2D eigenvalue weighted by atomic mass is 10.0. The van der Waals surface area contributed by atoms with Gasteiger partial charge < -0.3 is 9.84 Å². The van der Waals surface area contributed by atoms with E-state index in [1.54, 1.807) is 24.3 Å². The molecule has 0 aliphatic rings. The average molecular weight is 261 g/mol. The second-order valence-corrected chi connectivity index (χ2v) is 3.93. The molecular formula is C14H12FNO3. The minimum Gasteiger partial charge on any atom is -0.481 e. The topological polar surface area (TPSA) is 59.4 Å². The molecule has 0 amide bonds. The molecule has 0 atom stereocenters. The molecule has 1 heterocycles. The first-order valence-corrected chi connectivity index (χ1v) is 5.62. The zero-order valence-corrected chi connectivity index (χ0v) is 10.3. The first kappa shape index (κ1) is 13.0. The predicted molar refractivity (Wildman–Crippen MR) is 67.5 cm³/mol. The van der Waals surface area contributed by atoms with Gasteiger partial charge in [-0.3, -0.25) is 4.79 Å². The van der Waals surface area contributed by atoms with Crippen molar-refractivity contribution >= 4 is 5.97 Å². The molecule has 0 bridgehead atoms. The molecule has 0 aliphatic carbocycles. The summed E-state index contributed by atoms with van der Waals surface area (Å²) < 4.78 is 17.9. The van der Waals surface area contributed by atoms with Gasteiger partial charge in [0.1, 0.15) is 5.82 Å². The van der Waals surface area contributed by atoms with Gasteiger partial charge in [0.25, 0.3) is 0 Å². The first-order chi connectivity index (χ1) is 9.10. The number of rotatable bonds is 4. The number of methoxy groups -OCH3 is 1. The molecule has 0 radical (unpaired) electrons. The highest BCUT2D eigenvalue weighted by molar-refractivity contribution is 5.75. The van der Waals surface area contributed by atoms with E-state index in [-0.39, 0.29) is 12.2 Å². The van der Waals surface area contributed by atoms with E-state index in [4.69, 9.17) is 9.84 Å². The predicted octanol–water partition coefficient (Wildman–Crippen LogP) is 2.52. The summed E-state index contributed by atoms with van der Waals surface area (Å²) in [4.78, 5) is 15.0. The quantitative estimate of drug-likeness (QED) is 0.918. The maximum absolute atomic E-state index is 12.9. The summed E-state index contributed by atoms with van der Waals surface area (Å²) in [7, 11) is 1.46. The van der Waals surface area contributed by atoms with Gasteiger partial charge in [0.15, 0.2) is 0 Å². The maximum atomic E-state index is 12.9. The fourth-order valence-electron chi connectivity index (χ4n) is 1.77. The average Bonchev–Trinajstić information content (AvgIpc) is 2.39. The van der Waals surface area contributed by atoms with Crippen LogP contribution in [0.3, 0.4) is 0 Å². The van der Waals surface area contributed by atoms with Crippen LogP contribution in [-0.4, -0.2) is 23.2 Å². The highest BCUT2D eigenvalue weighted by Crippen LogP contribution is 2.25. The molecule has 19 heavy (non-hydrogen) atoms. The van der Waals surface area contributed by atoms with E-state index in [0.29, 0.717) is 22.7 Å². The molecule has 98 valence electrons. The maximum Gasteiger partial charge on any atom is 0.309 e. The van der Waals surface area contributed by atoms with Crippen molar-refractivity contribution in [1.29, 1.82) is 0 Å². The third-order valence-corrected chi connectivity index (χ3v) is 2.63. The van der Waals surface area contributed by atoms with Crippen molar-refractivity contribution in [1.82, 2.24) is 4.98 Å². The van der Waals surface area contributed by atoms with Gasteiger partial charge in [-0.15, -0.1) is 0 Å². The minimum atomic E-state index is -0.982. The molecule has 4 nitrogen and oxygen atoms in total. The fraction of sp³-hybridized carbons (Fsp3) is 0.143. The molecule has 2 aromatic rings. The summed E-state index contributed by atoms with van der Waals surface area (Å²) in [6.07, 6.45) is -0.218. The summed E-state index contributed by atoms with van der Waals surface area (Å²) in [5.74, 6) is -0.976. The van der Waals surface area contributed by atoms with E-state index in [2.05, 4.69) is 4.98 Å². The lowest BCUT2D eigenvalue weighted by molar-refractivity contribution is -0.136. The largest absolute Gasteiger partial charge is 0.481 e. The SMILES string of the molecule is COc1ccc(-c2ccc(F)cc2)c(CC(=O)O)n1. The van der Waals surface area contributed by atoms with E-state index in [1.807, 2.05) is 0 Å². The molecule has 0 saturated heterocycles. The molecule has 0 aliphatic heterocycles. The van der Waals surface area contributed by atoms with Crippen LogP contribution in [-0.2, 0) is 11.2 Å². The lowest BCUT2D eigenvalue weighted by Gasteiger charge is -2.09. The van der Waals surface area contributed by atoms with Gasteiger partial charge in [-0.1, -0.05) is 12.1 Å². The van der Waals surface area contributed by atoms with Crippen LogP contribution in [0.15, 0.2) is 36.4 Å². The van der Waals surface area contributed by atoms with Crippen LogP contribution in [0, 0.1) is 5.82 Å². The lowest BCUT2D eigenvalue weighted by Crippen LogP contribution is -2.05. The van der Waals surface area contributed by atoms with Gasteiger partial charge in [-0.2, -0.15) is 0 Å².